The van der Waals surface area contributed by atoms with E-state index in [0.29, 0.717) is 5.92 Å². The molecule has 2 aromatic heterocycles. The molecule has 1 nitrogen and oxygen atoms in total. The Morgan fingerprint density at radius 1 is 1.33 bits per heavy atom. The minimum atomic E-state index is 0.517. The summed E-state index contributed by atoms with van der Waals surface area (Å²) >= 11 is 1.78. The second kappa shape index (κ2) is 2.87. The van der Waals surface area contributed by atoms with Crippen LogP contribution in [0.2, 0.25) is 0 Å². The van der Waals surface area contributed by atoms with Crippen molar-refractivity contribution in [3.63, 3.8) is 0 Å². The molecule has 2 heteroatoms. The number of fused-ring (bicyclic) bond motifs is 1. The van der Waals surface area contributed by atoms with Gasteiger partial charge in [0.1, 0.15) is 0 Å². The van der Waals surface area contributed by atoms with E-state index in [4.69, 9.17) is 0 Å². The third kappa shape index (κ3) is 1.12. The van der Waals surface area contributed by atoms with Crippen LogP contribution in [0, 0.1) is 0 Å². The zero-order valence-corrected chi connectivity index (χ0v) is 8.06. The Morgan fingerprint density at radius 2 is 2.17 bits per heavy atom. The number of aromatic nitrogens is 1. The third-order valence-electron chi connectivity index (χ3n) is 1.96. The standard InChI is InChI=1S/C10H11NS/c1-7(2)10-8-4-6-12-9(8)3-5-11-10/h3-7H,1-2H3. The Balaban J connectivity index is 2.73. The van der Waals surface area contributed by atoms with Crippen LogP contribution in [-0.4, -0.2) is 4.98 Å². The molecule has 12 heavy (non-hydrogen) atoms. The van der Waals surface area contributed by atoms with E-state index in [0.717, 1.165) is 0 Å². The summed E-state index contributed by atoms with van der Waals surface area (Å²) in [6.45, 7) is 4.36. The van der Waals surface area contributed by atoms with E-state index >= 15 is 0 Å². The molecule has 0 bridgehead atoms. The van der Waals surface area contributed by atoms with Crippen LogP contribution in [0.25, 0.3) is 10.1 Å². The Morgan fingerprint density at radius 3 is 2.92 bits per heavy atom. The van der Waals surface area contributed by atoms with E-state index in [-0.39, 0.29) is 0 Å². The summed E-state index contributed by atoms with van der Waals surface area (Å²) in [7, 11) is 0. The Bertz CT molecular complexity index is 389. The van der Waals surface area contributed by atoms with Crippen LogP contribution in [0.15, 0.2) is 23.7 Å². The Kier molecular flexibility index (Phi) is 1.85. The summed E-state index contributed by atoms with van der Waals surface area (Å²) in [6, 6.07) is 4.23. The minimum absolute atomic E-state index is 0.517. The summed E-state index contributed by atoms with van der Waals surface area (Å²) in [4.78, 5) is 4.39. The summed E-state index contributed by atoms with van der Waals surface area (Å²) in [5.74, 6) is 0.517. The van der Waals surface area contributed by atoms with Gasteiger partial charge in [-0.2, -0.15) is 0 Å². The average Bonchev–Trinajstić information content (AvgIpc) is 2.49. The monoisotopic (exact) mass is 177 g/mol. The highest BCUT2D eigenvalue weighted by Crippen LogP contribution is 2.26. The second-order valence-corrected chi connectivity index (χ2v) is 4.13. The van der Waals surface area contributed by atoms with Crippen LogP contribution in [0.4, 0.5) is 0 Å². The maximum Gasteiger partial charge on any atom is 0.0515 e. The van der Waals surface area contributed by atoms with E-state index < -0.39 is 0 Å². The second-order valence-electron chi connectivity index (χ2n) is 3.18. The molecule has 0 saturated carbocycles. The lowest BCUT2D eigenvalue weighted by molar-refractivity contribution is 0.835. The Hall–Kier alpha value is -0.890. The lowest BCUT2D eigenvalue weighted by Crippen LogP contribution is -1.91. The highest BCUT2D eigenvalue weighted by atomic mass is 32.1. The maximum absolute atomic E-state index is 4.39. The van der Waals surface area contributed by atoms with Crippen molar-refractivity contribution in [3.8, 4) is 0 Å². The average molecular weight is 177 g/mol. The van der Waals surface area contributed by atoms with Crippen LogP contribution >= 0.6 is 11.3 Å². The number of rotatable bonds is 1. The van der Waals surface area contributed by atoms with Crippen molar-refractivity contribution in [2.24, 2.45) is 0 Å². The van der Waals surface area contributed by atoms with Gasteiger partial charge in [0.25, 0.3) is 0 Å². The van der Waals surface area contributed by atoms with Crippen molar-refractivity contribution in [1.82, 2.24) is 4.98 Å². The number of nitrogens with zero attached hydrogens (tertiary/aromatic N) is 1. The van der Waals surface area contributed by atoms with Crippen molar-refractivity contribution in [2.75, 3.05) is 0 Å². The smallest absolute Gasteiger partial charge is 0.0515 e. The normalized spacial score (nSPS) is 11.2. The molecule has 0 radical (unpaired) electrons. The maximum atomic E-state index is 4.39. The summed E-state index contributed by atoms with van der Waals surface area (Å²) < 4.78 is 1.34. The molecule has 2 aromatic rings. The molecule has 2 rings (SSSR count). The first-order valence-electron chi connectivity index (χ1n) is 4.11. The van der Waals surface area contributed by atoms with Gasteiger partial charge in [0.2, 0.25) is 0 Å². The molecule has 0 aliphatic rings. The van der Waals surface area contributed by atoms with Gasteiger partial charge in [-0.1, -0.05) is 13.8 Å². The molecule has 0 atom stereocenters. The quantitative estimate of drug-likeness (QED) is 0.650. The summed E-state index contributed by atoms with van der Waals surface area (Å²) in [5, 5.41) is 3.44. The van der Waals surface area contributed by atoms with Gasteiger partial charge in [0.15, 0.2) is 0 Å². The molecule has 0 aliphatic heterocycles. The zero-order valence-electron chi connectivity index (χ0n) is 7.24. The molecule has 62 valence electrons. The van der Waals surface area contributed by atoms with Gasteiger partial charge in [-0.25, -0.2) is 0 Å². The molecule has 0 aromatic carbocycles. The molecular formula is C10H11NS. The van der Waals surface area contributed by atoms with Crippen molar-refractivity contribution < 1.29 is 0 Å². The number of hydrogen-bond acceptors (Lipinski definition) is 2. The highest BCUT2D eigenvalue weighted by Gasteiger charge is 2.05. The zero-order chi connectivity index (χ0) is 8.55. The van der Waals surface area contributed by atoms with Crippen LogP contribution < -0.4 is 0 Å². The molecule has 0 amide bonds. The third-order valence-corrected chi connectivity index (χ3v) is 2.84. The SMILES string of the molecule is CC(C)c1nccc2sccc12. The highest BCUT2D eigenvalue weighted by molar-refractivity contribution is 7.17. The van der Waals surface area contributed by atoms with Gasteiger partial charge >= 0.3 is 0 Å². The van der Waals surface area contributed by atoms with Gasteiger partial charge in [0.05, 0.1) is 5.69 Å². The molecular weight excluding hydrogens is 166 g/mol. The topological polar surface area (TPSA) is 12.9 Å². The number of hydrogen-bond donors (Lipinski definition) is 0. The molecule has 2 heterocycles. The van der Waals surface area contributed by atoms with E-state index in [9.17, 15) is 0 Å². The molecule has 0 saturated heterocycles. The molecule has 0 unspecified atom stereocenters. The molecule has 0 fully saturated rings. The predicted molar refractivity (Wildman–Crippen MR) is 53.7 cm³/mol. The van der Waals surface area contributed by atoms with Gasteiger partial charge in [-0.15, -0.1) is 11.3 Å². The van der Waals surface area contributed by atoms with Crippen molar-refractivity contribution in [1.29, 1.82) is 0 Å². The fraction of sp³-hybridized carbons (Fsp3) is 0.300. The summed E-state index contributed by atoms with van der Waals surface area (Å²) in [5.41, 5.74) is 1.22. The van der Waals surface area contributed by atoms with Crippen LogP contribution in [0.5, 0.6) is 0 Å². The first kappa shape index (κ1) is 7.74. The van der Waals surface area contributed by atoms with Crippen molar-refractivity contribution in [2.45, 2.75) is 19.8 Å². The van der Waals surface area contributed by atoms with E-state index in [1.165, 1.54) is 15.8 Å². The largest absolute Gasteiger partial charge is 0.260 e. The van der Waals surface area contributed by atoms with Crippen LogP contribution in [0.3, 0.4) is 0 Å². The van der Waals surface area contributed by atoms with Gasteiger partial charge < -0.3 is 0 Å². The first-order chi connectivity index (χ1) is 5.79. The van der Waals surface area contributed by atoms with E-state index in [2.05, 4.69) is 36.3 Å². The van der Waals surface area contributed by atoms with Crippen LogP contribution in [-0.2, 0) is 0 Å². The van der Waals surface area contributed by atoms with Gasteiger partial charge in [-0.05, 0) is 23.4 Å². The Labute approximate surface area is 76.1 Å². The fourth-order valence-corrected chi connectivity index (χ4v) is 2.17. The lowest BCUT2D eigenvalue weighted by Gasteiger charge is -2.04. The predicted octanol–water partition coefficient (Wildman–Crippen LogP) is 3.42. The van der Waals surface area contributed by atoms with Crippen molar-refractivity contribution >= 4 is 21.4 Å². The minimum Gasteiger partial charge on any atom is -0.260 e. The van der Waals surface area contributed by atoms with Gasteiger partial charge in [-0.3, -0.25) is 4.98 Å². The van der Waals surface area contributed by atoms with E-state index in [1.807, 2.05) is 6.20 Å². The fourth-order valence-electron chi connectivity index (χ4n) is 1.38. The molecule has 0 spiro atoms. The van der Waals surface area contributed by atoms with Crippen molar-refractivity contribution in [3.05, 3.63) is 29.4 Å². The number of thiophene rings is 1. The summed E-state index contributed by atoms with van der Waals surface area (Å²) in [6.07, 6.45) is 1.90. The van der Waals surface area contributed by atoms with E-state index in [1.54, 1.807) is 11.3 Å². The first-order valence-corrected chi connectivity index (χ1v) is 4.99. The number of pyridine rings is 1. The lowest BCUT2D eigenvalue weighted by atomic mass is 10.1. The molecule has 0 N–H and O–H groups in total. The molecule has 0 aliphatic carbocycles. The van der Waals surface area contributed by atoms with Gasteiger partial charge in [0, 0.05) is 16.3 Å². The van der Waals surface area contributed by atoms with Crippen LogP contribution in [0.1, 0.15) is 25.5 Å².